The minimum absolute atomic E-state index is 0.0557. The zero-order chi connectivity index (χ0) is 10.4. The minimum Gasteiger partial charge on any atom is -0.363 e. The monoisotopic (exact) mass is 197 g/mol. The van der Waals surface area contributed by atoms with Crippen LogP contribution >= 0.6 is 0 Å². The van der Waals surface area contributed by atoms with Gasteiger partial charge in [-0.2, -0.15) is 0 Å². The molecule has 0 bridgehead atoms. The molecule has 2 N–H and O–H groups in total. The third-order valence-electron chi connectivity index (χ3n) is 1.84. The molecule has 0 aliphatic rings. The van der Waals surface area contributed by atoms with Crippen molar-refractivity contribution in [1.29, 1.82) is 0 Å². The minimum atomic E-state index is -0.0772. The molecule has 5 heteroatoms. The maximum absolute atomic E-state index is 11.5. The van der Waals surface area contributed by atoms with Crippen LogP contribution in [0.3, 0.4) is 0 Å². The number of anilines is 1. The first-order chi connectivity index (χ1) is 6.74. The average Bonchev–Trinajstić information content (AvgIpc) is 2.66. The molecule has 78 valence electrons. The molecule has 1 atom stereocenters. The molecule has 0 aromatic carbocycles. The summed E-state index contributed by atoms with van der Waals surface area (Å²) in [5.41, 5.74) is 0. The highest BCUT2D eigenvalue weighted by atomic mass is 16.5. The van der Waals surface area contributed by atoms with Crippen LogP contribution in [0.1, 0.15) is 13.8 Å². The van der Waals surface area contributed by atoms with Crippen molar-refractivity contribution >= 4 is 11.7 Å². The Hall–Kier alpha value is -1.36. The molecule has 0 saturated carbocycles. The summed E-state index contributed by atoms with van der Waals surface area (Å²) in [5.74, 6) is 0.324. The van der Waals surface area contributed by atoms with Crippen molar-refractivity contribution < 1.29 is 9.32 Å². The van der Waals surface area contributed by atoms with Gasteiger partial charge in [0.25, 0.3) is 0 Å². The van der Waals surface area contributed by atoms with Gasteiger partial charge >= 0.3 is 0 Å². The highest BCUT2D eigenvalue weighted by Crippen LogP contribution is 2.04. The van der Waals surface area contributed by atoms with Crippen molar-refractivity contribution in [3.63, 3.8) is 0 Å². The summed E-state index contributed by atoms with van der Waals surface area (Å²) in [7, 11) is 0. The predicted octanol–water partition coefficient (Wildman–Crippen LogP) is 0.859. The van der Waals surface area contributed by atoms with E-state index >= 15 is 0 Å². The van der Waals surface area contributed by atoms with E-state index in [1.54, 1.807) is 6.07 Å². The lowest BCUT2D eigenvalue weighted by molar-refractivity contribution is -0.119. The topological polar surface area (TPSA) is 67.2 Å². The average molecular weight is 197 g/mol. The fraction of sp³-hybridized carbons (Fsp3) is 0.556. The normalized spacial score (nSPS) is 12.4. The maximum atomic E-state index is 11.5. The van der Waals surface area contributed by atoms with Gasteiger partial charge < -0.3 is 15.2 Å². The standard InChI is InChI=1S/C9H15N3O2/c1-3-10-6-7(2)9(13)11-8-4-5-14-12-8/h4-5,7,10H,3,6H2,1-2H3,(H,11,12,13). The van der Waals surface area contributed by atoms with Crippen molar-refractivity contribution in [2.45, 2.75) is 13.8 Å². The Labute approximate surface area is 82.8 Å². The SMILES string of the molecule is CCNCC(C)C(=O)Nc1ccon1. The molecule has 5 nitrogen and oxygen atoms in total. The number of nitrogens with zero attached hydrogens (tertiary/aromatic N) is 1. The lowest BCUT2D eigenvalue weighted by atomic mass is 10.1. The van der Waals surface area contributed by atoms with Gasteiger partial charge in [0.2, 0.25) is 5.91 Å². The van der Waals surface area contributed by atoms with Gasteiger partial charge in [-0.05, 0) is 6.54 Å². The first-order valence-corrected chi connectivity index (χ1v) is 4.66. The molecule has 0 aliphatic carbocycles. The number of hydrogen-bond acceptors (Lipinski definition) is 4. The lowest BCUT2D eigenvalue weighted by Gasteiger charge is -2.10. The summed E-state index contributed by atoms with van der Waals surface area (Å²) in [4.78, 5) is 11.5. The van der Waals surface area contributed by atoms with Gasteiger partial charge in [0.1, 0.15) is 6.26 Å². The van der Waals surface area contributed by atoms with E-state index in [1.165, 1.54) is 6.26 Å². The molecule has 0 radical (unpaired) electrons. The van der Waals surface area contributed by atoms with Crippen LogP contribution in [0.4, 0.5) is 5.82 Å². The van der Waals surface area contributed by atoms with Gasteiger partial charge in [0.15, 0.2) is 5.82 Å². The Bertz CT molecular complexity index is 272. The maximum Gasteiger partial charge on any atom is 0.229 e. The molecule has 1 heterocycles. The number of rotatable bonds is 5. The smallest absolute Gasteiger partial charge is 0.229 e. The van der Waals surface area contributed by atoms with Crippen LogP contribution in [0.5, 0.6) is 0 Å². The third-order valence-corrected chi connectivity index (χ3v) is 1.84. The molecule has 1 aromatic heterocycles. The Balaban J connectivity index is 2.34. The molecule has 14 heavy (non-hydrogen) atoms. The van der Waals surface area contributed by atoms with Gasteiger partial charge in [-0.25, -0.2) is 0 Å². The second-order valence-electron chi connectivity index (χ2n) is 3.08. The van der Waals surface area contributed by atoms with Crippen molar-refractivity contribution in [3.8, 4) is 0 Å². The zero-order valence-corrected chi connectivity index (χ0v) is 8.41. The van der Waals surface area contributed by atoms with Crippen molar-refractivity contribution in [3.05, 3.63) is 12.3 Å². The molecule has 0 saturated heterocycles. The third kappa shape index (κ3) is 3.18. The number of amides is 1. The van der Waals surface area contributed by atoms with Gasteiger partial charge in [-0.3, -0.25) is 4.79 Å². The number of carbonyl (C=O) groups is 1. The number of carbonyl (C=O) groups excluding carboxylic acids is 1. The van der Waals surface area contributed by atoms with Crippen LogP contribution in [0, 0.1) is 5.92 Å². The lowest BCUT2D eigenvalue weighted by Crippen LogP contribution is -2.30. The van der Waals surface area contributed by atoms with Crippen LogP contribution in [-0.4, -0.2) is 24.2 Å². The van der Waals surface area contributed by atoms with E-state index in [9.17, 15) is 4.79 Å². The quantitative estimate of drug-likeness (QED) is 0.734. The molecule has 0 aliphatic heterocycles. The van der Waals surface area contributed by atoms with E-state index in [0.29, 0.717) is 12.4 Å². The van der Waals surface area contributed by atoms with Gasteiger partial charge in [-0.15, -0.1) is 0 Å². The zero-order valence-electron chi connectivity index (χ0n) is 8.41. The second kappa shape index (κ2) is 5.39. The highest BCUT2D eigenvalue weighted by molar-refractivity contribution is 5.91. The molecule has 1 amide bonds. The van der Waals surface area contributed by atoms with Gasteiger partial charge in [0.05, 0.1) is 0 Å². The van der Waals surface area contributed by atoms with Crippen LogP contribution in [0.2, 0.25) is 0 Å². The second-order valence-corrected chi connectivity index (χ2v) is 3.08. The summed E-state index contributed by atoms with van der Waals surface area (Å²) in [6.07, 6.45) is 1.42. The fourth-order valence-corrected chi connectivity index (χ4v) is 0.980. The molecule has 1 unspecified atom stereocenters. The van der Waals surface area contributed by atoms with E-state index in [-0.39, 0.29) is 11.8 Å². The summed E-state index contributed by atoms with van der Waals surface area (Å²) in [5, 5.41) is 9.34. The van der Waals surface area contributed by atoms with E-state index < -0.39 is 0 Å². The fourth-order valence-electron chi connectivity index (χ4n) is 0.980. The van der Waals surface area contributed by atoms with E-state index in [2.05, 4.69) is 20.3 Å². The summed E-state index contributed by atoms with van der Waals surface area (Å²) < 4.78 is 4.60. The molecule has 0 spiro atoms. The largest absolute Gasteiger partial charge is 0.363 e. The van der Waals surface area contributed by atoms with Crippen LogP contribution in [-0.2, 0) is 4.79 Å². The van der Waals surface area contributed by atoms with Crippen molar-refractivity contribution in [2.75, 3.05) is 18.4 Å². The van der Waals surface area contributed by atoms with Crippen molar-refractivity contribution in [2.24, 2.45) is 5.92 Å². The first kappa shape index (κ1) is 10.7. The summed E-state index contributed by atoms with van der Waals surface area (Å²) in [6.45, 7) is 5.39. The Morgan fingerprint density at radius 3 is 3.07 bits per heavy atom. The van der Waals surface area contributed by atoms with E-state index in [4.69, 9.17) is 0 Å². The summed E-state index contributed by atoms with van der Waals surface area (Å²) >= 11 is 0. The van der Waals surface area contributed by atoms with E-state index in [0.717, 1.165) is 6.54 Å². The van der Waals surface area contributed by atoms with Crippen molar-refractivity contribution in [1.82, 2.24) is 10.5 Å². The molecule has 1 aromatic rings. The molecular weight excluding hydrogens is 182 g/mol. The number of nitrogens with one attached hydrogen (secondary N) is 2. The molecular formula is C9H15N3O2. The van der Waals surface area contributed by atoms with Gasteiger partial charge in [-0.1, -0.05) is 19.0 Å². The number of hydrogen-bond donors (Lipinski definition) is 2. The Kier molecular flexibility index (Phi) is 4.12. The number of aromatic nitrogens is 1. The van der Waals surface area contributed by atoms with Gasteiger partial charge in [0, 0.05) is 18.5 Å². The van der Waals surface area contributed by atoms with E-state index in [1.807, 2.05) is 13.8 Å². The highest BCUT2D eigenvalue weighted by Gasteiger charge is 2.12. The van der Waals surface area contributed by atoms with Crippen LogP contribution in [0.25, 0.3) is 0 Å². The molecule has 0 fully saturated rings. The molecule has 1 rings (SSSR count). The Morgan fingerprint density at radius 1 is 1.71 bits per heavy atom. The first-order valence-electron chi connectivity index (χ1n) is 4.66. The summed E-state index contributed by atoms with van der Waals surface area (Å²) in [6, 6.07) is 1.61. The predicted molar refractivity (Wildman–Crippen MR) is 52.8 cm³/mol. The van der Waals surface area contributed by atoms with Crippen LogP contribution in [0.15, 0.2) is 16.9 Å². The van der Waals surface area contributed by atoms with Crippen LogP contribution < -0.4 is 10.6 Å². The Morgan fingerprint density at radius 2 is 2.50 bits per heavy atom.